The minimum Gasteiger partial charge on any atom is -0.366 e. The maximum Gasteiger partial charge on any atom is 0.251 e. The van der Waals surface area contributed by atoms with E-state index in [1.54, 1.807) is 7.05 Å². The summed E-state index contributed by atoms with van der Waals surface area (Å²) in [6.07, 6.45) is 0. The Morgan fingerprint density at radius 1 is 0.962 bits per heavy atom. The van der Waals surface area contributed by atoms with Gasteiger partial charge in [0.05, 0.1) is 5.69 Å². The molecule has 1 aromatic carbocycles. The van der Waals surface area contributed by atoms with E-state index in [-0.39, 0.29) is 16.7 Å². The van der Waals surface area contributed by atoms with Gasteiger partial charge in [0.2, 0.25) is 0 Å². The number of rotatable bonds is 4. The van der Waals surface area contributed by atoms with E-state index in [9.17, 15) is 4.79 Å². The molecule has 0 aliphatic carbocycles. The molecule has 0 unspecified atom stereocenters. The number of hydrogen-bond acceptors (Lipinski definition) is 4. The molecule has 2 aromatic rings. The smallest absolute Gasteiger partial charge is 0.251 e. The first-order chi connectivity index (χ1) is 12.0. The minimum absolute atomic E-state index is 0.0471. The van der Waals surface area contributed by atoms with Gasteiger partial charge >= 0.3 is 0 Å². The first-order valence-corrected chi connectivity index (χ1v) is 8.95. The molecule has 0 saturated carbocycles. The summed E-state index contributed by atoms with van der Waals surface area (Å²) in [6.45, 7) is 13.5. The second-order valence-electron chi connectivity index (χ2n) is 8.59. The minimum atomic E-state index is -0.118. The van der Waals surface area contributed by atoms with Crippen molar-refractivity contribution >= 4 is 11.7 Å². The van der Waals surface area contributed by atoms with E-state index in [0.717, 1.165) is 22.9 Å². The van der Waals surface area contributed by atoms with Crippen LogP contribution in [0.25, 0.3) is 0 Å². The summed E-state index contributed by atoms with van der Waals surface area (Å²) in [4.78, 5) is 21.1. The first kappa shape index (κ1) is 19.9. The molecule has 2 rings (SSSR count). The van der Waals surface area contributed by atoms with Gasteiger partial charge in [0, 0.05) is 36.1 Å². The highest BCUT2D eigenvalue weighted by atomic mass is 16.1. The van der Waals surface area contributed by atoms with Gasteiger partial charge in [0.1, 0.15) is 11.6 Å². The van der Waals surface area contributed by atoms with Crippen LogP contribution in [0.1, 0.15) is 69.0 Å². The zero-order chi connectivity index (χ0) is 19.5. The van der Waals surface area contributed by atoms with E-state index in [4.69, 9.17) is 9.97 Å². The number of amides is 1. The van der Waals surface area contributed by atoms with Crippen molar-refractivity contribution in [3.63, 3.8) is 0 Å². The molecule has 0 saturated heterocycles. The second kappa shape index (κ2) is 7.44. The largest absolute Gasteiger partial charge is 0.366 e. The molecule has 0 aliphatic rings. The fraction of sp³-hybridized carbons (Fsp3) is 0.476. The molecule has 140 valence electrons. The van der Waals surface area contributed by atoms with Crippen molar-refractivity contribution in [3.8, 4) is 0 Å². The van der Waals surface area contributed by atoms with Crippen molar-refractivity contribution in [2.45, 2.75) is 58.9 Å². The average Bonchev–Trinajstić information content (AvgIpc) is 2.58. The SMILES string of the molecule is CNC(=O)c1ccc(CNc2cc(C(C)(C)C)nc(C(C)(C)C)n2)cc1. The normalized spacial score (nSPS) is 12.0. The molecule has 0 bridgehead atoms. The molecule has 5 nitrogen and oxygen atoms in total. The van der Waals surface area contributed by atoms with Crippen LogP contribution in [-0.2, 0) is 17.4 Å². The molecular weight excluding hydrogens is 324 g/mol. The van der Waals surface area contributed by atoms with Crippen LogP contribution in [0.2, 0.25) is 0 Å². The molecule has 0 aliphatic heterocycles. The third kappa shape index (κ3) is 5.04. The molecule has 1 amide bonds. The summed E-state index contributed by atoms with van der Waals surface area (Å²) >= 11 is 0. The summed E-state index contributed by atoms with van der Waals surface area (Å²) in [5.74, 6) is 1.58. The van der Waals surface area contributed by atoms with Crippen LogP contribution in [0, 0.1) is 0 Å². The topological polar surface area (TPSA) is 66.9 Å². The van der Waals surface area contributed by atoms with Crippen LogP contribution in [0.15, 0.2) is 30.3 Å². The monoisotopic (exact) mass is 354 g/mol. The van der Waals surface area contributed by atoms with Crippen molar-refractivity contribution in [2.24, 2.45) is 0 Å². The van der Waals surface area contributed by atoms with Gasteiger partial charge in [-0.2, -0.15) is 0 Å². The van der Waals surface area contributed by atoms with Gasteiger partial charge in [-0.3, -0.25) is 4.79 Å². The van der Waals surface area contributed by atoms with E-state index in [0.29, 0.717) is 12.1 Å². The van der Waals surface area contributed by atoms with Gasteiger partial charge in [0.25, 0.3) is 5.91 Å². The Morgan fingerprint density at radius 2 is 1.58 bits per heavy atom. The van der Waals surface area contributed by atoms with Gasteiger partial charge in [-0.05, 0) is 17.7 Å². The van der Waals surface area contributed by atoms with Gasteiger partial charge < -0.3 is 10.6 Å². The van der Waals surface area contributed by atoms with E-state index in [1.807, 2.05) is 30.3 Å². The predicted octanol–water partition coefficient (Wildman–Crippen LogP) is 4.04. The Balaban J connectivity index is 2.22. The predicted molar refractivity (Wildman–Crippen MR) is 107 cm³/mol. The van der Waals surface area contributed by atoms with Crippen LogP contribution in [-0.4, -0.2) is 22.9 Å². The van der Waals surface area contributed by atoms with E-state index < -0.39 is 0 Å². The lowest BCUT2D eigenvalue weighted by Gasteiger charge is -2.24. The highest BCUT2D eigenvalue weighted by Gasteiger charge is 2.23. The maximum atomic E-state index is 11.6. The third-order valence-corrected chi connectivity index (χ3v) is 4.08. The Morgan fingerprint density at radius 3 is 2.08 bits per heavy atom. The highest BCUT2D eigenvalue weighted by molar-refractivity contribution is 5.93. The number of anilines is 1. The quantitative estimate of drug-likeness (QED) is 0.869. The lowest BCUT2D eigenvalue weighted by molar-refractivity contribution is 0.0963. The number of benzene rings is 1. The van der Waals surface area contributed by atoms with Crippen LogP contribution in [0.5, 0.6) is 0 Å². The summed E-state index contributed by atoms with van der Waals surface area (Å²) in [6, 6.07) is 9.59. The van der Waals surface area contributed by atoms with Gasteiger partial charge in [-0.15, -0.1) is 0 Å². The van der Waals surface area contributed by atoms with Crippen molar-refractivity contribution in [1.82, 2.24) is 15.3 Å². The van der Waals surface area contributed by atoms with Crippen molar-refractivity contribution in [1.29, 1.82) is 0 Å². The number of hydrogen-bond donors (Lipinski definition) is 2. The Hall–Kier alpha value is -2.43. The fourth-order valence-corrected chi connectivity index (χ4v) is 2.37. The highest BCUT2D eigenvalue weighted by Crippen LogP contribution is 2.26. The molecule has 0 fully saturated rings. The number of aromatic nitrogens is 2. The fourth-order valence-electron chi connectivity index (χ4n) is 2.37. The number of carbonyl (C=O) groups is 1. The third-order valence-electron chi connectivity index (χ3n) is 4.08. The molecule has 26 heavy (non-hydrogen) atoms. The summed E-state index contributed by atoms with van der Waals surface area (Å²) in [5, 5.41) is 6.02. The van der Waals surface area contributed by atoms with Gasteiger partial charge in [0.15, 0.2) is 0 Å². The lowest BCUT2D eigenvalue weighted by Crippen LogP contribution is -2.22. The maximum absolute atomic E-state index is 11.6. The second-order valence-corrected chi connectivity index (χ2v) is 8.59. The van der Waals surface area contributed by atoms with Crippen LogP contribution >= 0.6 is 0 Å². The number of nitrogens with one attached hydrogen (secondary N) is 2. The molecule has 1 heterocycles. The number of nitrogens with zero attached hydrogens (tertiary/aromatic N) is 2. The summed E-state index contributed by atoms with van der Waals surface area (Å²) < 4.78 is 0. The number of carbonyl (C=O) groups excluding carboxylic acids is 1. The molecular formula is C21H30N4O. The Bertz CT molecular complexity index is 736. The van der Waals surface area contributed by atoms with Crippen LogP contribution in [0.4, 0.5) is 5.82 Å². The summed E-state index contributed by atoms with van der Waals surface area (Å²) in [7, 11) is 1.63. The average molecular weight is 354 g/mol. The zero-order valence-electron chi connectivity index (χ0n) is 16.9. The lowest BCUT2D eigenvalue weighted by atomic mass is 9.90. The summed E-state index contributed by atoms with van der Waals surface area (Å²) in [5.41, 5.74) is 2.60. The van der Waals surface area contributed by atoms with Crippen molar-refractivity contribution < 1.29 is 4.79 Å². The van der Waals surface area contributed by atoms with E-state index in [2.05, 4.69) is 52.2 Å². The molecule has 1 aromatic heterocycles. The molecule has 2 N–H and O–H groups in total. The van der Waals surface area contributed by atoms with E-state index >= 15 is 0 Å². The molecule has 5 heteroatoms. The van der Waals surface area contributed by atoms with Crippen LogP contribution < -0.4 is 10.6 Å². The first-order valence-electron chi connectivity index (χ1n) is 8.95. The zero-order valence-corrected chi connectivity index (χ0v) is 16.9. The Labute approximate surface area is 156 Å². The van der Waals surface area contributed by atoms with Gasteiger partial charge in [-0.25, -0.2) is 9.97 Å². The van der Waals surface area contributed by atoms with Crippen molar-refractivity contribution in [2.75, 3.05) is 12.4 Å². The van der Waals surface area contributed by atoms with E-state index in [1.165, 1.54) is 0 Å². The molecule has 0 spiro atoms. The molecule has 0 radical (unpaired) electrons. The van der Waals surface area contributed by atoms with Crippen molar-refractivity contribution in [3.05, 3.63) is 53.0 Å². The molecule has 0 atom stereocenters. The standard InChI is InChI=1S/C21H30N4O/c1-20(2,3)16-12-17(25-19(24-16)21(4,5)6)23-13-14-8-10-15(11-9-14)18(26)22-7/h8-12H,13H2,1-7H3,(H,22,26)(H,23,24,25). The van der Waals surface area contributed by atoms with Gasteiger partial charge in [-0.1, -0.05) is 53.7 Å². The Kier molecular flexibility index (Phi) is 5.69. The van der Waals surface area contributed by atoms with Crippen LogP contribution in [0.3, 0.4) is 0 Å².